The Morgan fingerprint density at radius 1 is 1.05 bits per heavy atom. The number of rotatable bonds is 6. The van der Waals surface area contributed by atoms with Gasteiger partial charge in [0.25, 0.3) is 0 Å². The van der Waals surface area contributed by atoms with Crippen molar-refractivity contribution in [2.75, 3.05) is 0 Å². The van der Waals surface area contributed by atoms with Crippen LogP contribution in [0.1, 0.15) is 48.6 Å². The summed E-state index contributed by atoms with van der Waals surface area (Å²) in [6.07, 6.45) is 7.91. The molecule has 0 amide bonds. The molecule has 100 valence electrons. The van der Waals surface area contributed by atoms with E-state index in [2.05, 4.69) is 49.2 Å². The normalized spacial score (nSPS) is 10.6. The van der Waals surface area contributed by atoms with Crippen LogP contribution in [0.25, 0.3) is 0 Å². The first-order chi connectivity index (χ1) is 9.29. The Morgan fingerprint density at radius 3 is 2.68 bits per heavy atom. The molecular weight excluding hydrogens is 230 g/mol. The summed E-state index contributed by atoms with van der Waals surface area (Å²) in [5.41, 5.74) is 5.43. The van der Waals surface area contributed by atoms with Gasteiger partial charge in [0.05, 0.1) is 0 Å². The molecule has 0 saturated carbocycles. The van der Waals surface area contributed by atoms with Crippen molar-refractivity contribution < 1.29 is 0 Å². The molecule has 1 aromatic heterocycles. The second-order valence-corrected chi connectivity index (χ2v) is 5.22. The van der Waals surface area contributed by atoms with Crippen LogP contribution in [-0.2, 0) is 12.8 Å². The fraction of sp³-hybridized carbons (Fsp3) is 0.389. The third-order valence-corrected chi connectivity index (χ3v) is 3.57. The molecule has 1 nitrogen and oxygen atoms in total. The van der Waals surface area contributed by atoms with Gasteiger partial charge in [-0.05, 0) is 48.6 Å². The minimum atomic E-state index is 0.932. The van der Waals surface area contributed by atoms with E-state index in [0.29, 0.717) is 0 Å². The van der Waals surface area contributed by atoms with Crippen LogP contribution in [0.2, 0.25) is 0 Å². The largest absolute Gasteiger partial charge is 0.261 e. The molecule has 0 aliphatic rings. The molecule has 0 fully saturated rings. The smallest absolute Gasteiger partial charge is 0.0447 e. The number of pyridine rings is 1. The monoisotopic (exact) mass is 253 g/mol. The second kappa shape index (κ2) is 7.08. The third-order valence-electron chi connectivity index (χ3n) is 3.57. The molecule has 0 spiro atoms. The maximum absolute atomic E-state index is 4.40. The van der Waals surface area contributed by atoms with Crippen molar-refractivity contribution in [1.82, 2.24) is 4.98 Å². The van der Waals surface area contributed by atoms with Gasteiger partial charge in [-0.15, -0.1) is 0 Å². The highest BCUT2D eigenvalue weighted by atomic mass is 14.7. The molecule has 2 rings (SSSR count). The standard InChI is InChI=1S/C18H23N/c1-3-4-5-8-17-13-16(11-10-15(17)2)14-18-9-6-7-12-19-18/h6-7,9-13H,3-5,8,14H2,1-2H3. The Balaban J connectivity index is 2.07. The van der Waals surface area contributed by atoms with Gasteiger partial charge in [-0.25, -0.2) is 0 Å². The highest BCUT2D eigenvalue weighted by Crippen LogP contribution is 2.16. The Morgan fingerprint density at radius 2 is 1.95 bits per heavy atom. The lowest BCUT2D eigenvalue weighted by Gasteiger charge is -2.09. The van der Waals surface area contributed by atoms with E-state index in [9.17, 15) is 0 Å². The molecule has 0 aliphatic carbocycles. The molecule has 1 heteroatoms. The molecule has 2 aromatic rings. The molecule has 19 heavy (non-hydrogen) atoms. The first-order valence-electron chi connectivity index (χ1n) is 7.28. The summed E-state index contributed by atoms with van der Waals surface area (Å²) < 4.78 is 0. The van der Waals surface area contributed by atoms with Crippen LogP contribution in [0.4, 0.5) is 0 Å². The molecule has 0 bridgehead atoms. The molecule has 0 aliphatic heterocycles. The number of unbranched alkanes of at least 4 members (excludes halogenated alkanes) is 2. The Hall–Kier alpha value is -1.63. The first-order valence-corrected chi connectivity index (χ1v) is 7.28. The van der Waals surface area contributed by atoms with Crippen LogP contribution in [0.3, 0.4) is 0 Å². The van der Waals surface area contributed by atoms with Gasteiger partial charge in [0.15, 0.2) is 0 Å². The highest BCUT2D eigenvalue weighted by Gasteiger charge is 2.02. The van der Waals surface area contributed by atoms with E-state index in [-0.39, 0.29) is 0 Å². The lowest BCUT2D eigenvalue weighted by molar-refractivity contribution is 0.715. The fourth-order valence-corrected chi connectivity index (χ4v) is 2.38. The highest BCUT2D eigenvalue weighted by molar-refractivity contribution is 5.33. The predicted octanol–water partition coefficient (Wildman–Crippen LogP) is 4.71. The van der Waals surface area contributed by atoms with Gasteiger partial charge in [-0.1, -0.05) is 44.0 Å². The minimum absolute atomic E-state index is 0.932. The van der Waals surface area contributed by atoms with Gasteiger partial charge < -0.3 is 0 Å². The van der Waals surface area contributed by atoms with Crippen molar-refractivity contribution >= 4 is 0 Å². The summed E-state index contributed by atoms with van der Waals surface area (Å²) in [5.74, 6) is 0. The van der Waals surface area contributed by atoms with Crippen molar-refractivity contribution in [3.63, 3.8) is 0 Å². The summed E-state index contributed by atoms with van der Waals surface area (Å²) in [4.78, 5) is 4.40. The van der Waals surface area contributed by atoms with Crippen molar-refractivity contribution in [2.45, 2.75) is 46.0 Å². The van der Waals surface area contributed by atoms with Gasteiger partial charge in [-0.3, -0.25) is 4.98 Å². The third kappa shape index (κ3) is 4.20. The zero-order valence-electron chi connectivity index (χ0n) is 12.0. The van der Waals surface area contributed by atoms with E-state index < -0.39 is 0 Å². The summed E-state index contributed by atoms with van der Waals surface area (Å²) in [6.45, 7) is 4.47. The van der Waals surface area contributed by atoms with Crippen LogP contribution >= 0.6 is 0 Å². The lowest BCUT2D eigenvalue weighted by atomic mass is 9.98. The molecule has 1 aromatic carbocycles. The molecule has 0 radical (unpaired) electrons. The Labute approximate surface area is 116 Å². The van der Waals surface area contributed by atoms with E-state index in [1.165, 1.54) is 42.4 Å². The van der Waals surface area contributed by atoms with Crippen LogP contribution < -0.4 is 0 Å². The Kier molecular flexibility index (Phi) is 5.14. The number of nitrogens with zero attached hydrogens (tertiary/aromatic N) is 1. The van der Waals surface area contributed by atoms with Gasteiger partial charge in [-0.2, -0.15) is 0 Å². The van der Waals surface area contributed by atoms with E-state index >= 15 is 0 Å². The van der Waals surface area contributed by atoms with Crippen LogP contribution in [-0.4, -0.2) is 4.98 Å². The molecule has 0 unspecified atom stereocenters. The number of hydrogen-bond acceptors (Lipinski definition) is 1. The SMILES string of the molecule is CCCCCc1cc(Cc2ccccn2)ccc1C. The van der Waals surface area contributed by atoms with Crippen LogP contribution in [0, 0.1) is 6.92 Å². The van der Waals surface area contributed by atoms with E-state index in [4.69, 9.17) is 0 Å². The van der Waals surface area contributed by atoms with Crippen molar-refractivity contribution in [3.05, 3.63) is 65.0 Å². The molecule has 1 heterocycles. The Bertz CT molecular complexity index is 502. The van der Waals surface area contributed by atoms with Crippen molar-refractivity contribution in [3.8, 4) is 0 Å². The zero-order chi connectivity index (χ0) is 13.5. The molecule has 0 N–H and O–H groups in total. The van der Waals surface area contributed by atoms with E-state index in [0.717, 1.165) is 12.1 Å². The fourth-order valence-electron chi connectivity index (χ4n) is 2.38. The summed E-state index contributed by atoms with van der Waals surface area (Å²) in [5, 5.41) is 0. The van der Waals surface area contributed by atoms with Gasteiger partial charge in [0, 0.05) is 18.3 Å². The number of aromatic nitrogens is 1. The average Bonchev–Trinajstić information content (AvgIpc) is 2.44. The van der Waals surface area contributed by atoms with Crippen molar-refractivity contribution in [1.29, 1.82) is 0 Å². The summed E-state index contributed by atoms with van der Waals surface area (Å²) >= 11 is 0. The summed E-state index contributed by atoms with van der Waals surface area (Å²) in [7, 11) is 0. The van der Waals surface area contributed by atoms with Gasteiger partial charge in [0.2, 0.25) is 0 Å². The van der Waals surface area contributed by atoms with Gasteiger partial charge >= 0.3 is 0 Å². The lowest BCUT2D eigenvalue weighted by Crippen LogP contribution is -1.96. The molecule has 0 saturated heterocycles. The average molecular weight is 253 g/mol. The molecule has 0 atom stereocenters. The number of hydrogen-bond donors (Lipinski definition) is 0. The minimum Gasteiger partial charge on any atom is -0.261 e. The second-order valence-electron chi connectivity index (χ2n) is 5.22. The maximum atomic E-state index is 4.40. The van der Waals surface area contributed by atoms with E-state index in [1.54, 1.807) is 0 Å². The van der Waals surface area contributed by atoms with Crippen LogP contribution in [0.5, 0.6) is 0 Å². The first kappa shape index (κ1) is 13.8. The number of benzene rings is 1. The zero-order valence-corrected chi connectivity index (χ0v) is 12.0. The molecular formula is C18H23N. The van der Waals surface area contributed by atoms with Gasteiger partial charge in [0.1, 0.15) is 0 Å². The maximum Gasteiger partial charge on any atom is 0.0447 e. The summed E-state index contributed by atoms with van der Waals surface area (Å²) in [6, 6.07) is 13.0. The predicted molar refractivity (Wildman–Crippen MR) is 81.5 cm³/mol. The topological polar surface area (TPSA) is 12.9 Å². The number of aryl methyl sites for hydroxylation is 2. The quantitative estimate of drug-likeness (QED) is 0.679. The van der Waals surface area contributed by atoms with Crippen molar-refractivity contribution in [2.24, 2.45) is 0 Å². The van der Waals surface area contributed by atoms with E-state index in [1.807, 2.05) is 12.3 Å². The van der Waals surface area contributed by atoms with Crippen LogP contribution in [0.15, 0.2) is 42.6 Å².